The van der Waals surface area contributed by atoms with Crippen LogP contribution in [0.3, 0.4) is 0 Å². The van der Waals surface area contributed by atoms with Crippen molar-refractivity contribution in [3.05, 3.63) is 95.1 Å². The van der Waals surface area contributed by atoms with Gasteiger partial charge in [0.05, 0.1) is 17.6 Å². The van der Waals surface area contributed by atoms with Crippen LogP contribution >= 0.6 is 23.2 Å². The van der Waals surface area contributed by atoms with Gasteiger partial charge in [-0.2, -0.15) is 5.10 Å². The summed E-state index contributed by atoms with van der Waals surface area (Å²) in [5, 5.41) is 5.98. The third kappa shape index (κ3) is 2.95. The van der Waals surface area contributed by atoms with Crippen LogP contribution in [0, 0.1) is 0 Å². The van der Waals surface area contributed by atoms with Crippen LogP contribution in [-0.4, -0.2) is 9.78 Å². The highest BCUT2D eigenvalue weighted by Gasteiger charge is 2.19. The normalized spacial score (nSPS) is 10.8. The topological polar surface area (TPSA) is 17.8 Å². The van der Waals surface area contributed by atoms with E-state index < -0.39 is 0 Å². The lowest BCUT2D eigenvalue weighted by atomic mass is 10.0. The average molecular weight is 365 g/mol. The molecule has 0 bridgehead atoms. The minimum atomic E-state index is 0.675. The van der Waals surface area contributed by atoms with Crippen molar-refractivity contribution in [3.63, 3.8) is 0 Å². The van der Waals surface area contributed by atoms with E-state index in [4.69, 9.17) is 23.2 Å². The van der Waals surface area contributed by atoms with E-state index >= 15 is 0 Å². The second-order valence-electron chi connectivity index (χ2n) is 5.61. The summed E-state index contributed by atoms with van der Waals surface area (Å²) in [5.41, 5.74) is 4.69. The maximum absolute atomic E-state index is 6.50. The third-order valence-electron chi connectivity index (χ3n) is 4.06. The van der Waals surface area contributed by atoms with Gasteiger partial charge < -0.3 is 0 Å². The van der Waals surface area contributed by atoms with Crippen LogP contribution in [-0.2, 0) is 0 Å². The Morgan fingerprint density at radius 3 is 1.80 bits per heavy atom. The van der Waals surface area contributed by atoms with E-state index in [-0.39, 0.29) is 0 Å². The molecule has 4 rings (SSSR count). The van der Waals surface area contributed by atoms with Crippen LogP contribution in [0.25, 0.3) is 28.1 Å². The van der Waals surface area contributed by atoms with Gasteiger partial charge in [0.15, 0.2) is 0 Å². The van der Waals surface area contributed by atoms with Crippen molar-refractivity contribution >= 4 is 23.2 Å². The summed E-state index contributed by atoms with van der Waals surface area (Å²) in [6.07, 6.45) is 1.84. The summed E-state index contributed by atoms with van der Waals surface area (Å²) in [6.45, 7) is 0. The summed E-state index contributed by atoms with van der Waals surface area (Å²) in [7, 11) is 0. The third-order valence-corrected chi connectivity index (χ3v) is 4.72. The zero-order chi connectivity index (χ0) is 17.2. The first kappa shape index (κ1) is 15.9. The predicted octanol–water partition coefficient (Wildman–Crippen LogP) is 6.51. The van der Waals surface area contributed by atoms with E-state index in [1.165, 1.54) is 0 Å². The minimum Gasteiger partial charge on any atom is -0.232 e. The highest BCUT2D eigenvalue weighted by Crippen LogP contribution is 2.39. The standard InChI is InChI=1S/C21H14Cl2N2/c22-19-12-6-4-10-16(19)18-14-24-25(15-8-2-1-3-9-15)21(18)17-11-5-7-13-20(17)23/h1-14H. The highest BCUT2D eigenvalue weighted by molar-refractivity contribution is 6.34. The molecule has 0 saturated heterocycles. The van der Waals surface area contributed by atoms with Gasteiger partial charge in [0, 0.05) is 26.7 Å². The summed E-state index contributed by atoms with van der Waals surface area (Å²) >= 11 is 12.9. The molecule has 0 saturated carbocycles. The molecule has 4 heteroatoms. The van der Waals surface area contributed by atoms with Gasteiger partial charge in [-0.25, -0.2) is 4.68 Å². The molecule has 25 heavy (non-hydrogen) atoms. The fourth-order valence-electron chi connectivity index (χ4n) is 2.90. The molecule has 0 radical (unpaired) electrons. The molecule has 2 nitrogen and oxygen atoms in total. The molecular formula is C21H14Cl2N2. The van der Waals surface area contributed by atoms with Crippen molar-refractivity contribution in [1.82, 2.24) is 9.78 Å². The molecule has 0 aliphatic rings. The fraction of sp³-hybridized carbons (Fsp3) is 0. The molecule has 1 aromatic heterocycles. The van der Waals surface area contributed by atoms with Crippen LogP contribution in [0.1, 0.15) is 0 Å². The van der Waals surface area contributed by atoms with Crippen LogP contribution < -0.4 is 0 Å². The fourth-order valence-corrected chi connectivity index (χ4v) is 3.37. The van der Waals surface area contributed by atoms with Crippen LogP contribution in [0.15, 0.2) is 85.1 Å². The van der Waals surface area contributed by atoms with Crippen molar-refractivity contribution in [1.29, 1.82) is 0 Å². The van der Waals surface area contributed by atoms with E-state index in [0.717, 1.165) is 28.1 Å². The number of hydrogen-bond acceptors (Lipinski definition) is 1. The molecule has 0 amide bonds. The Morgan fingerprint density at radius 2 is 1.16 bits per heavy atom. The summed E-state index contributed by atoms with van der Waals surface area (Å²) in [4.78, 5) is 0. The first-order chi connectivity index (χ1) is 12.3. The molecule has 0 atom stereocenters. The second-order valence-corrected chi connectivity index (χ2v) is 6.43. The highest BCUT2D eigenvalue weighted by atomic mass is 35.5. The van der Waals surface area contributed by atoms with Gasteiger partial charge in [-0.15, -0.1) is 0 Å². The first-order valence-corrected chi connectivity index (χ1v) is 8.64. The van der Waals surface area contributed by atoms with E-state index in [0.29, 0.717) is 10.0 Å². The lowest BCUT2D eigenvalue weighted by Crippen LogP contribution is -1.99. The monoisotopic (exact) mass is 364 g/mol. The number of aromatic nitrogens is 2. The van der Waals surface area contributed by atoms with Gasteiger partial charge in [-0.05, 0) is 24.3 Å². The zero-order valence-electron chi connectivity index (χ0n) is 13.2. The molecule has 0 unspecified atom stereocenters. The SMILES string of the molecule is Clc1ccccc1-c1cnn(-c2ccccc2)c1-c1ccccc1Cl. The quantitative estimate of drug-likeness (QED) is 0.404. The van der Waals surface area contributed by atoms with Crippen LogP contribution in [0.2, 0.25) is 10.0 Å². The number of halogens is 2. The zero-order valence-corrected chi connectivity index (χ0v) is 14.7. The first-order valence-electron chi connectivity index (χ1n) is 7.89. The Hall–Kier alpha value is -2.55. The molecule has 0 aliphatic carbocycles. The Labute approximate surface area is 156 Å². The van der Waals surface area contributed by atoms with Gasteiger partial charge in [-0.3, -0.25) is 0 Å². The maximum Gasteiger partial charge on any atom is 0.0834 e. The van der Waals surface area contributed by atoms with Crippen LogP contribution in [0.4, 0.5) is 0 Å². The Morgan fingerprint density at radius 1 is 0.600 bits per heavy atom. The van der Waals surface area contributed by atoms with Gasteiger partial charge in [-0.1, -0.05) is 77.8 Å². The number of benzene rings is 3. The van der Waals surface area contributed by atoms with Gasteiger partial charge >= 0.3 is 0 Å². The molecule has 3 aromatic carbocycles. The van der Waals surface area contributed by atoms with Gasteiger partial charge in [0.2, 0.25) is 0 Å². The van der Waals surface area contributed by atoms with Crippen molar-refractivity contribution in [2.24, 2.45) is 0 Å². The average Bonchev–Trinajstić information content (AvgIpc) is 3.08. The smallest absolute Gasteiger partial charge is 0.0834 e. The summed E-state index contributed by atoms with van der Waals surface area (Å²) in [6, 6.07) is 25.5. The van der Waals surface area contributed by atoms with Crippen molar-refractivity contribution < 1.29 is 0 Å². The van der Waals surface area contributed by atoms with Gasteiger partial charge in [0.25, 0.3) is 0 Å². The number of rotatable bonds is 3. The second kappa shape index (κ2) is 6.75. The Balaban J connectivity index is 2.03. The molecule has 122 valence electrons. The lowest BCUT2D eigenvalue weighted by Gasteiger charge is -2.12. The Bertz CT molecular complexity index is 1020. The molecule has 1 heterocycles. The number of nitrogens with zero attached hydrogens (tertiary/aromatic N) is 2. The minimum absolute atomic E-state index is 0.675. The van der Waals surface area contributed by atoms with E-state index in [1.807, 2.05) is 89.7 Å². The summed E-state index contributed by atoms with van der Waals surface area (Å²) < 4.78 is 1.90. The molecule has 0 fully saturated rings. The van der Waals surface area contributed by atoms with Crippen molar-refractivity contribution in [2.75, 3.05) is 0 Å². The van der Waals surface area contributed by atoms with Crippen molar-refractivity contribution in [2.45, 2.75) is 0 Å². The van der Waals surface area contributed by atoms with E-state index in [2.05, 4.69) is 5.10 Å². The Kier molecular flexibility index (Phi) is 4.31. The molecular weight excluding hydrogens is 351 g/mol. The van der Waals surface area contributed by atoms with E-state index in [1.54, 1.807) is 0 Å². The largest absolute Gasteiger partial charge is 0.232 e. The molecule has 0 aliphatic heterocycles. The predicted molar refractivity (Wildman–Crippen MR) is 104 cm³/mol. The van der Waals surface area contributed by atoms with Gasteiger partial charge in [0.1, 0.15) is 0 Å². The molecule has 0 spiro atoms. The lowest BCUT2D eigenvalue weighted by molar-refractivity contribution is 0.888. The summed E-state index contributed by atoms with van der Waals surface area (Å²) in [5.74, 6) is 0. The maximum atomic E-state index is 6.50. The molecule has 4 aromatic rings. The number of hydrogen-bond donors (Lipinski definition) is 0. The van der Waals surface area contributed by atoms with Crippen molar-refractivity contribution in [3.8, 4) is 28.1 Å². The van der Waals surface area contributed by atoms with Crippen LogP contribution in [0.5, 0.6) is 0 Å². The molecule has 0 N–H and O–H groups in total. The number of para-hydroxylation sites is 1. The van der Waals surface area contributed by atoms with E-state index in [9.17, 15) is 0 Å².